The molecule has 0 saturated carbocycles. The molecular weight excluding hydrogens is 320 g/mol. The van der Waals surface area contributed by atoms with Gasteiger partial charge in [-0.25, -0.2) is 4.79 Å². The molecule has 0 aliphatic carbocycles. The number of amides is 3. The fraction of sp³-hybridized carbons (Fsp3) is 0.611. The zero-order chi connectivity index (χ0) is 18.0. The molecule has 1 unspecified atom stereocenters. The molecule has 25 heavy (non-hydrogen) atoms. The number of aromatic nitrogens is 1. The van der Waals surface area contributed by atoms with Crippen LogP contribution in [0.5, 0.6) is 0 Å². The Bertz CT molecular complexity index is 626. The molecule has 2 saturated heterocycles. The number of hydrogen-bond acceptors (Lipinski definition) is 4. The molecule has 3 amide bonds. The molecule has 136 valence electrons. The summed E-state index contributed by atoms with van der Waals surface area (Å²) in [5.41, 5.74) is -0.320. The standard InChI is InChI=1S/C18H26N4O3/c1-13(2)22-12-14(11-16(22)23)20-17(24)21-9-6-18(25,7-10-21)15-5-3-4-8-19-15/h3-5,8,13-14,25H,6-7,9-12H2,1-2H3,(H,20,24). The molecule has 0 radical (unpaired) electrons. The number of nitrogens with zero attached hydrogens (tertiary/aromatic N) is 3. The SMILES string of the molecule is CC(C)N1CC(NC(=O)N2CCC(O)(c3ccccn3)CC2)CC1=O. The fourth-order valence-electron chi connectivity index (χ4n) is 3.57. The molecule has 2 fully saturated rings. The van der Waals surface area contributed by atoms with Gasteiger partial charge in [0.25, 0.3) is 0 Å². The molecule has 3 rings (SSSR count). The van der Waals surface area contributed by atoms with Gasteiger partial charge in [-0.1, -0.05) is 6.07 Å². The molecule has 7 nitrogen and oxygen atoms in total. The van der Waals surface area contributed by atoms with Gasteiger partial charge >= 0.3 is 6.03 Å². The molecule has 3 heterocycles. The van der Waals surface area contributed by atoms with Crippen LogP contribution in [0, 0.1) is 0 Å². The zero-order valence-electron chi connectivity index (χ0n) is 14.8. The molecule has 7 heteroatoms. The molecule has 0 bridgehead atoms. The maximum Gasteiger partial charge on any atom is 0.317 e. The van der Waals surface area contributed by atoms with Crippen LogP contribution in [0.15, 0.2) is 24.4 Å². The van der Waals surface area contributed by atoms with Crippen molar-refractivity contribution in [2.45, 2.75) is 50.8 Å². The predicted octanol–water partition coefficient (Wildman–Crippen LogP) is 1.08. The van der Waals surface area contributed by atoms with Gasteiger partial charge in [0, 0.05) is 38.3 Å². The van der Waals surface area contributed by atoms with E-state index >= 15 is 0 Å². The molecule has 2 N–H and O–H groups in total. The summed E-state index contributed by atoms with van der Waals surface area (Å²) in [4.78, 5) is 32.2. The van der Waals surface area contributed by atoms with Gasteiger partial charge in [-0.3, -0.25) is 9.78 Å². The Balaban J connectivity index is 1.53. The highest BCUT2D eigenvalue weighted by Crippen LogP contribution is 2.31. The van der Waals surface area contributed by atoms with Crippen LogP contribution < -0.4 is 5.32 Å². The average molecular weight is 346 g/mol. The third kappa shape index (κ3) is 3.76. The summed E-state index contributed by atoms with van der Waals surface area (Å²) in [6.07, 6.45) is 2.94. The number of carbonyl (C=O) groups excluding carboxylic acids is 2. The Morgan fingerprint density at radius 2 is 2.08 bits per heavy atom. The van der Waals surface area contributed by atoms with Crippen LogP contribution in [0.3, 0.4) is 0 Å². The summed E-state index contributed by atoms with van der Waals surface area (Å²) in [6, 6.07) is 5.35. The van der Waals surface area contributed by atoms with E-state index in [4.69, 9.17) is 0 Å². The van der Waals surface area contributed by atoms with E-state index in [-0.39, 0.29) is 24.0 Å². The highest BCUT2D eigenvalue weighted by molar-refractivity contribution is 5.82. The van der Waals surface area contributed by atoms with E-state index in [0.717, 1.165) is 0 Å². The smallest absolute Gasteiger partial charge is 0.317 e. The lowest BCUT2D eigenvalue weighted by molar-refractivity contribution is -0.129. The number of likely N-dealkylation sites (tertiary alicyclic amines) is 2. The number of pyridine rings is 1. The lowest BCUT2D eigenvalue weighted by Crippen LogP contribution is -2.51. The minimum Gasteiger partial charge on any atom is -0.383 e. The van der Waals surface area contributed by atoms with Crippen LogP contribution in [0.4, 0.5) is 4.79 Å². The van der Waals surface area contributed by atoms with Crippen molar-refractivity contribution in [2.24, 2.45) is 0 Å². The first-order chi connectivity index (χ1) is 11.9. The number of rotatable bonds is 3. The van der Waals surface area contributed by atoms with Crippen LogP contribution in [-0.4, -0.2) is 63.5 Å². The zero-order valence-corrected chi connectivity index (χ0v) is 14.8. The molecule has 0 spiro atoms. The summed E-state index contributed by atoms with van der Waals surface area (Å²) in [5, 5.41) is 13.7. The van der Waals surface area contributed by atoms with E-state index in [9.17, 15) is 14.7 Å². The third-order valence-corrected chi connectivity index (χ3v) is 5.13. The molecule has 1 aromatic heterocycles. The second kappa shape index (κ2) is 7.00. The second-order valence-corrected chi connectivity index (χ2v) is 7.22. The molecular formula is C18H26N4O3. The summed E-state index contributed by atoms with van der Waals surface area (Å²) in [5.74, 6) is 0.0865. The highest BCUT2D eigenvalue weighted by Gasteiger charge is 2.38. The van der Waals surface area contributed by atoms with Crippen LogP contribution in [0.25, 0.3) is 0 Å². The number of aliphatic hydroxyl groups is 1. The second-order valence-electron chi connectivity index (χ2n) is 7.22. The summed E-state index contributed by atoms with van der Waals surface area (Å²) in [7, 11) is 0. The maximum absolute atomic E-state index is 12.5. The number of urea groups is 1. The van der Waals surface area contributed by atoms with Crippen molar-refractivity contribution in [1.29, 1.82) is 0 Å². The first kappa shape index (κ1) is 17.7. The van der Waals surface area contributed by atoms with Crippen LogP contribution in [0.1, 0.15) is 38.8 Å². The fourth-order valence-corrected chi connectivity index (χ4v) is 3.57. The van der Waals surface area contributed by atoms with Gasteiger partial charge in [0.05, 0.1) is 11.7 Å². The number of nitrogens with one attached hydrogen (secondary N) is 1. The lowest BCUT2D eigenvalue weighted by atomic mass is 9.88. The van der Waals surface area contributed by atoms with E-state index in [1.807, 2.05) is 32.0 Å². The highest BCUT2D eigenvalue weighted by atomic mass is 16.3. The third-order valence-electron chi connectivity index (χ3n) is 5.13. The first-order valence-electron chi connectivity index (χ1n) is 8.88. The summed E-state index contributed by atoms with van der Waals surface area (Å²) in [6.45, 7) is 5.45. The quantitative estimate of drug-likeness (QED) is 0.858. The van der Waals surface area contributed by atoms with Crippen molar-refractivity contribution in [2.75, 3.05) is 19.6 Å². The number of hydrogen-bond donors (Lipinski definition) is 2. The van der Waals surface area contributed by atoms with Gasteiger partial charge in [0.15, 0.2) is 0 Å². The van der Waals surface area contributed by atoms with E-state index in [2.05, 4.69) is 10.3 Å². The maximum atomic E-state index is 12.5. The molecule has 2 aliphatic rings. The molecule has 0 aromatic carbocycles. The van der Waals surface area contributed by atoms with E-state index in [0.29, 0.717) is 44.6 Å². The Kier molecular flexibility index (Phi) is 4.94. The van der Waals surface area contributed by atoms with Crippen molar-refractivity contribution in [3.05, 3.63) is 30.1 Å². The van der Waals surface area contributed by atoms with E-state index in [1.165, 1.54) is 0 Å². The van der Waals surface area contributed by atoms with Gasteiger partial charge in [0.2, 0.25) is 5.91 Å². The number of piperidine rings is 1. The molecule has 1 aromatic rings. The van der Waals surface area contributed by atoms with Crippen molar-refractivity contribution < 1.29 is 14.7 Å². The minimum atomic E-state index is -0.976. The molecule has 2 aliphatic heterocycles. The summed E-state index contributed by atoms with van der Waals surface area (Å²) >= 11 is 0. The van der Waals surface area contributed by atoms with Crippen molar-refractivity contribution in [3.63, 3.8) is 0 Å². The van der Waals surface area contributed by atoms with Gasteiger partial charge in [-0.15, -0.1) is 0 Å². The normalized spacial score (nSPS) is 23.2. The topological polar surface area (TPSA) is 85.8 Å². The van der Waals surface area contributed by atoms with E-state index in [1.54, 1.807) is 16.0 Å². The van der Waals surface area contributed by atoms with E-state index < -0.39 is 5.60 Å². The van der Waals surface area contributed by atoms with Gasteiger partial charge in [-0.05, 0) is 38.8 Å². The van der Waals surface area contributed by atoms with Crippen LogP contribution in [-0.2, 0) is 10.4 Å². The van der Waals surface area contributed by atoms with Gasteiger partial charge in [-0.2, -0.15) is 0 Å². The molecule has 1 atom stereocenters. The Morgan fingerprint density at radius 1 is 1.36 bits per heavy atom. The summed E-state index contributed by atoms with van der Waals surface area (Å²) < 4.78 is 0. The average Bonchev–Trinajstić information content (AvgIpc) is 2.97. The Morgan fingerprint density at radius 3 is 2.64 bits per heavy atom. The van der Waals surface area contributed by atoms with Crippen molar-refractivity contribution in [1.82, 2.24) is 20.1 Å². The largest absolute Gasteiger partial charge is 0.383 e. The van der Waals surface area contributed by atoms with Crippen LogP contribution in [0.2, 0.25) is 0 Å². The Hall–Kier alpha value is -2.15. The van der Waals surface area contributed by atoms with Crippen LogP contribution >= 0.6 is 0 Å². The monoisotopic (exact) mass is 346 g/mol. The van der Waals surface area contributed by atoms with Crippen molar-refractivity contribution in [3.8, 4) is 0 Å². The van der Waals surface area contributed by atoms with Crippen molar-refractivity contribution >= 4 is 11.9 Å². The Labute approximate surface area is 148 Å². The minimum absolute atomic E-state index is 0.0865. The first-order valence-corrected chi connectivity index (χ1v) is 8.88. The number of carbonyl (C=O) groups is 2. The van der Waals surface area contributed by atoms with Gasteiger partial charge < -0.3 is 20.2 Å². The predicted molar refractivity (Wildman–Crippen MR) is 92.7 cm³/mol. The van der Waals surface area contributed by atoms with Gasteiger partial charge in [0.1, 0.15) is 5.60 Å². The lowest BCUT2D eigenvalue weighted by Gasteiger charge is -2.38.